The van der Waals surface area contributed by atoms with Crippen LogP contribution < -0.4 is 4.74 Å². The van der Waals surface area contributed by atoms with E-state index in [0.29, 0.717) is 0 Å². The number of thioether (sulfide) groups is 1. The molecule has 96 valence electrons. The standard InChI is InChI=1S/C12H12F2N2OS/c1-16-7-6-15-12(16)18-8-9-2-4-10(5-3-9)17-11(13)14/h2-7,11H,8H2,1H3. The van der Waals surface area contributed by atoms with Crippen molar-refractivity contribution in [2.45, 2.75) is 17.5 Å². The third-order valence-electron chi connectivity index (χ3n) is 2.29. The smallest absolute Gasteiger partial charge is 0.387 e. The molecule has 18 heavy (non-hydrogen) atoms. The van der Waals surface area contributed by atoms with E-state index in [4.69, 9.17) is 0 Å². The summed E-state index contributed by atoms with van der Waals surface area (Å²) in [5, 5.41) is 0.919. The maximum atomic E-state index is 12.0. The van der Waals surface area contributed by atoms with Crippen LogP contribution in [0.25, 0.3) is 0 Å². The molecule has 1 aromatic carbocycles. The van der Waals surface area contributed by atoms with Gasteiger partial charge in [-0.15, -0.1) is 0 Å². The number of aryl methyl sites for hydroxylation is 1. The Kier molecular flexibility index (Phi) is 4.19. The summed E-state index contributed by atoms with van der Waals surface area (Å²) in [7, 11) is 1.93. The second-order valence-corrected chi connectivity index (χ2v) is 4.57. The maximum Gasteiger partial charge on any atom is 0.387 e. The van der Waals surface area contributed by atoms with Crippen LogP contribution in [-0.4, -0.2) is 16.2 Å². The fourth-order valence-corrected chi connectivity index (χ4v) is 2.29. The van der Waals surface area contributed by atoms with Crippen molar-refractivity contribution < 1.29 is 13.5 Å². The zero-order valence-electron chi connectivity index (χ0n) is 9.72. The maximum absolute atomic E-state index is 12.0. The summed E-state index contributed by atoms with van der Waals surface area (Å²) < 4.78 is 30.1. The Morgan fingerprint density at radius 2 is 2.06 bits per heavy atom. The van der Waals surface area contributed by atoms with Gasteiger partial charge in [0.1, 0.15) is 5.75 Å². The van der Waals surface area contributed by atoms with E-state index in [9.17, 15) is 8.78 Å². The molecular formula is C12H12F2N2OS. The van der Waals surface area contributed by atoms with E-state index in [1.54, 1.807) is 42.2 Å². The highest BCUT2D eigenvalue weighted by Crippen LogP contribution is 2.22. The van der Waals surface area contributed by atoms with Crippen molar-refractivity contribution in [3.63, 3.8) is 0 Å². The molecule has 0 aliphatic heterocycles. The molecule has 1 heterocycles. The molecule has 0 unspecified atom stereocenters. The van der Waals surface area contributed by atoms with Crippen LogP contribution in [0.2, 0.25) is 0 Å². The number of halogens is 2. The number of rotatable bonds is 5. The van der Waals surface area contributed by atoms with Crippen LogP contribution in [0.4, 0.5) is 8.78 Å². The van der Waals surface area contributed by atoms with E-state index < -0.39 is 6.61 Å². The zero-order valence-corrected chi connectivity index (χ0v) is 10.5. The van der Waals surface area contributed by atoms with Gasteiger partial charge in [0.2, 0.25) is 0 Å². The van der Waals surface area contributed by atoms with Gasteiger partial charge in [-0.3, -0.25) is 0 Å². The SMILES string of the molecule is Cn1ccnc1SCc1ccc(OC(F)F)cc1. The molecule has 6 heteroatoms. The average molecular weight is 270 g/mol. The Labute approximate surface area is 108 Å². The third-order valence-corrected chi connectivity index (χ3v) is 3.42. The van der Waals surface area contributed by atoms with Gasteiger partial charge in [-0.05, 0) is 17.7 Å². The largest absolute Gasteiger partial charge is 0.435 e. The van der Waals surface area contributed by atoms with Gasteiger partial charge in [0.05, 0.1) is 0 Å². The molecule has 0 spiro atoms. The Bertz CT molecular complexity index is 499. The number of ether oxygens (including phenoxy) is 1. The van der Waals surface area contributed by atoms with Crippen LogP contribution in [0.1, 0.15) is 5.56 Å². The monoisotopic (exact) mass is 270 g/mol. The van der Waals surface area contributed by atoms with Crippen molar-refractivity contribution >= 4 is 11.8 Å². The van der Waals surface area contributed by atoms with E-state index >= 15 is 0 Å². The van der Waals surface area contributed by atoms with Gasteiger partial charge in [-0.2, -0.15) is 8.78 Å². The summed E-state index contributed by atoms with van der Waals surface area (Å²) >= 11 is 1.59. The van der Waals surface area contributed by atoms with Crippen LogP contribution in [0.15, 0.2) is 41.8 Å². The predicted octanol–water partition coefficient (Wildman–Crippen LogP) is 3.31. The fourth-order valence-electron chi connectivity index (χ4n) is 1.41. The first kappa shape index (κ1) is 12.9. The lowest BCUT2D eigenvalue weighted by atomic mass is 10.2. The molecule has 0 saturated carbocycles. The van der Waals surface area contributed by atoms with Crippen LogP contribution in [0.3, 0.4) is 0 Å². The van der Waals surface area contributed by atoms with Crippen molar-refractivity contribution in [2.24, 2.45) is 7.05 Å². The number of imidazole rings is 1. The normalized spacial score (nSPS) is 10.9. The average Bonchev–Trinajstić information content (AvgIpc) is 2.73. The van der Waals surface area contributed by atoms with Crippen LogP contribution >= 0.6 is 11.8 Å². The summed E-state index contributed by atoms with van der Waals surface area (Å²) in [5.74, 6) is 0.913. The minimum atomic E-state index is -2.78. The number of aromatic nitrogens is 2. The van der Waals surface area contributed by atoms with Crippen LogP contribution in [0.5, 0.6) is 5.75 Å². The van der Waals surface area contributed by atoms with Crippen molar-refractivity contribution in [3.8, 4) is 5.75 Å². The lowest BCUT2D eigenvalue weighted by Crippen LogP contribution is -2.01. The van der Waals surface area contributed by atoms with Gasteiger partial charge in [-0.25, -0.2) is 4.98 Å². The van der Waals surface area contributed by atoms with Gasteiger partial charge < -0.3 is 9.30 Å². The summed E-state index contributed by atoms with van der Waals surface area (Å²) in [6.07, 6.45) is 3.61. The zero-order chi connectivity index (χ0) is 13.0. The number of hydrogen-bond acceptors (Lipinski definition) is 3. The quantitative estimate of drug-likeness (QED) is 0.780. The van der Waals surface area contributed by atoms with E-state index in [2.05, 4.69) is 9.72 Å². The first-order valence-corrected chi connectivity index (χ1v) is 6.27. The highest BCUT2D eigenvalue weighted by atomic mass is 32.2. The molecule has 2 aromatic rings. The molecule has 0 amide bonds. The Hall–Kier alpha value is -1.56. The number of hydrogen-bond donors (Lipinski definition) is 0. The molecule has 2 rings (SSSR count). The van der Waals surface area contributed by atoms with Crippen LogP contribution in [-0.2, 0) is 12.8 Å². The van der Waals surface area contributed by atoms with Gasteiger partial charge >= 0.3 is 6.61 Å². The van der Waals surface area contributed by atoms with E-state index in [-0.39, 0.29) is 5.75 Å². The Balaban J connectivity index is 1.92. The van der Waals surface area contributed by atoms with Crippen LogP contribution in [0, 0.1) is 0 Å². The van der Waals surface area contributed by atoms with Crippen molar-refractivity contribution in [2.75, 3.05) is 0 Å². The summed E-state index contributed by atoms with van der Waals surface area (Å²) in [5.41, 5.74) is 1.03. The molecule has 0 fully saturated rings. The second-order valence-electron chi connectivity index (χ2n) is 3.63. The molecule has 0 aliphatic rings. The molecule has 0 aliphatic carbocycles. The van der Waals surface area contributed by atoms with E-state index in [0.717, 1.165) is 16.5 Å². The van der Waals surface area contributed by atoms with Crippen molar-refractivity contribution in [1.29, 1.82) is 0 Å². The first-order valence-electron chi connectivity index (χ1n) is 5.29. The Morgan fingerprint density at radius 1 is 1.33 bits per heavy atom. The molecule has 0 bridgehead atoms. The minimum absolute atomic E-state index is 0.177. The molecular weight excluding hydrogens is 258 g/mol. The van der Waals surface area contributed by atoms with Gasteiger partial charge in [-0.1, -0.05) is 23.9 Å². The van der Waals surface area contributed by atoms with Gasteiger partial charge in [0.15, 0.2) is 5.16 Å². The highest BCUT2D eigenvalue weighted by molar-refractivity contribution is 7.98. The highest BCUT2D eigenvalue weighted by Gasteiger charge is 2.04. The van der Waals surface area contributed by atoms with Gasteiger partial charge in [0, 0.05) is 25.2 Å². The predicted molar refractivity (Wildman–Crippen MR) is 65.8 cm³/mol. The summed E-state index contributed by atoms with van der Waals surface area (Å²) in [6.45, 7) is -2.78. The number of benzene rings is 1. The van der Waals surface area contributed by atoms with E-state index in [1.807, 2.05) is 17.8 Å². The second kappa shape index (κ2) is 5.86. The number of nitrogens with zero attached hydrogens (tertiary/aromatic N) is 2. The van der Waals surface area contributed by atoms with E-state index in [1.165, 1.54) is 0 Å². The lowest BCUT2D eigenvalue weighted by Gasteiger charge is -2.05. The fraction of sp³-hybridized carbons (Fsp3) is 0.250. The van der Waals surface area contributed by atoms with Gasteiger partial charge in [0.25, 0.3) is 0 Å². The molecule has 3 nitrogen and oxygen atoms in total. The first-order chi connectivity index (χ1) is 8.65. The molecule has 0 saturated heterocycles. The third kappa shape index (κ3) is 3.46. The topological polar surface area (TPSA) is 27.1 Å². The molecule has 0 N–H and O–H groups in total. The van der Waals surface area contributed by atoms with Crippen molar-refractivity contribution in [1.82, 2.24) is 9.55 Å². The van der Waals surface area contributed by atoms with Crippen molar-refractivity contribution in [3.05, 3.63) is 42.2 Å². The molecule has 0 atom stereocenters. The molecule has 0 radical (unpaired) electrons. The minimum Gasteiger partial charge on any atom is -0.435 e. The summed E-state index contributed by atoms with van der Waals surface area (Å²) in [4.78, 5) is 4.19. The number of alkyl halides is 2. The molecule has 1 aromatic heterocycles. The Morgan fingerprint density at radius 3 is 2.61 bits per heavy atom. The lowest BCUT2D eigenvalue weighted by molar-refractivity contribution is -0.0498. The summed E-state index contributed by atoms with van der Waals surface area (Å²) in [6, 6.07) is 6.63.